The van der Waals surface area contributed by atoms with E-state index in [0.717, 1.165) is 30.8 Å². The third-order valence-electron chi connectivity index (χ3n) is 2.51. The lowest BCUT2D eigenvalue weighted by Crippen LogP contribution is -2.51. The largest absolute Gasteiger partial charge is 0.396 e. The molecule has 0 rings (SSSR count). The number of carbonyl (C=O) groups is 1. The molecule has 0 radical (unpaired) electrons. The summed E-state index contributed by atoms with van der Waals surface area (Å²) in [7, 11) is 1.75. The Kier molecular flexibility index (Phi) is 7.82. The Balaban J connectivity index is 3.60. The van der Waals surface area contributed by atoms with Crippen LogP contribution in [-0.2, 0) is 4.79 Å². The molecule has 0 aliphatic heterocycles. The van der Waals surface area contributed by atoms with Crippen LogP contribution in [0, 0.1) is 0 Å². The third-order valence-corrected chi connectivity index (χ3v) is 3.66. The van der Waals surface area contributed by atoms with Crippen LogP contribution in [0.5, 0.6) is 0 Å². The van der Waals surface area contributed by atoms with Crippen LogP contribution in [0.15, 0.2) is 0 Å². The van der Waals surface area contributed by atoms with Gasteiger partial charge in [0.2, 0.25) is 5.91 Å². The lowest BCUT2D eigenvalue weighted by Gasteiger charge is -2.25. The minimum absolute atomic E-state index is 0.252. The van der Waals surface area contributed by atoms with Crippen molar-refractivity contribution >= 4 is 17.7 Å². The van der Waals surface area contributed by atoms with E-state index in [-0.39, 0.29) is 12.5 Å². The molecular weight excluding hydrogens is 212 g/mol. The summed E-state index contributed by atoms with van der Waals surface area (Å²) in [6, 6.07) is 0. The van der Waals surface area contributed by atoms with Crippen LogP contribution in [-0.4, -0.2) is 41.7 Å². The maximum atomic E-state index is 11.1. The highest BCUT2D eigenvalue weighted by Gasteiger charge is 2.27. The first kappa shape index (κ1) is 14.7. The van der Waals surface area contributed by atoms with E-state index < -0.39 is 5.54 Å². The van der Waals surface area contributed by atoms with Gasteiger partial charge in [0.25, 0.3) is 0 Å². The number of primary amides is 1. The normalized spacial score (nSPS) is 14.9. The molecular formula is C10H22N2O2S. The molecule has 15 heavy (non-hydrogen) atoms. The Morgan fingerprint density at radius 2 is 2.07 bits per heavy atom. The predicted molar refractivity (Wildman–Crippen MR) is 64.9 cm³/mol. The first-order valence-corrected chi connectivity index (χ1v) is 6.39. The number of hydrogen-bond donors (Lipinski definition) is 3. The lowest BCUT2D eigenvalue weighted by molar-refractivity contribution is -0.123. The quantitative estimate of drug-likeness (QED) is 0.503. The summed E-state index contributed by atoms with van der Waals surface area (Å²) < 4.78 is 0. The SMILES string of the molecule is CNC(C)(CCCSCCCO)C(N)=O. The molecule has 0 aliphatic carbocycles. The van der Waals surface area contributed by atoms with Crippen LogP contribution in [0.25, 0.3) is 0 Å². The van der Waals surface area contributed by atoms with Crippen molar-refractivity contribution < 1.29 is 9.90 Å². The van der Waals surface area contributed by atoms with E-state index in [1.54, 1.807) is 18.8 Å². The molecule has 4 nitrogen and oxygen atoms in total. The fourth-order valence-corrected chi connectivity index (χ4v) is 2.05. The van der Waals surface area contributed by atoms with Crippen molar-refractivity contribution in [2.75, 3.05) is 25.2 Å². The average molecular weight is 234 g/mol. The fraction of sp³-hybridized carbons (Fsp3) is 0.900. The van der Waals surface area contributed by atoms with Crippen molar-refractivity contribution in [2.24, 2.45) is 5.73 Å². The summed E-state index contributed by atoms with van der Waals surface area (Å²) in [5, 5.41) is 11.5. The molecule has 0 aromatic heterocycles. The highest BCUT2D eigenvalue weighted by Crippen LogP contribution is 2.14. The Labute approximate surface area is 96.0 Å². The van der Waals surface area contributed by atoms with Crippen LogP contribution in [0.3, 0.4) is 0 Å². The van der Waals surface area contributed by atoms with Gasteiger partial charge in [-0.2, -0.15) is 11.8 Å². The monoisotopic (exact) mass is 234 g/mol. The molecule has 1 amide bonds. The standard InChI is InChI=1S/C10H22N2O2S/c1-10(12-2,9(11)14)5-3-7-15-8-4-6-13/h12-13H,3-8H2,1-2H3,(H2,11,14). The molecule has 0 aromatic rings. The summed E-state index contributed by atoms with van der Waals surface area (Å²) >= 11 is 1.80. The lowest BCUT2D eigenvalue weighted by atomic mass is 9.96. The Hall–Kier alpha value is -0.260. The fourth-order valence-electron chi connectivity index (χ4n) is 1.17. The number of aliphatic hydroxyl groups excluding tert-OH is 1. The van der Waals surface area contributed by atoms with Gasteiger partial charge in [0.05, 0.1) is 5.54 Å². The molecule has 4 N–H and O–H groups in total. The molecule has 0 heterocycles. The Morgan fingerprint density at radius 1 is 1.47 bits per heavy atom. The first-order chi connectivity index (χ1) is 7.06. The molecule has 90 valence electrons. The van der Waals surface area contributed by atoms with Gasteiger partial charge in [-0.1, -0.05) is 0 Å². The van der Waals surface area contributed by atoms with Crippen LogP contribution < -0.4 is 11.1 Å². The molecule has 0 spiro atoms. The minimum atomic E-state index is -0.586. The van der Waals surface area contributed by atoms with Crippen molar-refractivity contribution in [3.63, 3.8) is 0 Å². The van der Waals surface area contributed by atoms with Crippen LogP contribution >= 0.6 is 11.8 Å². The minimum Gasteiger partial charge on any atom is -0.396 e. The zero-order chi connectivity index (χ0) is 11.7. The summed E-state index contributed by atoms with van der Waals surface area (Å²) in [5.74, 6) is 1.68. The van der Waals surface area contributed by atoms with E-state index >= 15 is 0 Å². The molecule has 0 fully saturated rings. The molecule has 0 saturated carbocycles. The van der Waals surface area contributed by atoms with E-state index in [9.17, 15) is 4.79 Å². The highest BCUT2D eigenvalue weighted by molar-refractivity contribution is 7.99. The second-order valence-electron chi connectivity index (χ2n) is 3.74. The Bertz CT molecular complexity index is 190. The van der Waals surface area contributed by atoms with Crippen molar-refractivity contribution in [3.05, 3.63) is 0 Å². The average Bonchev–Trinajstić information content (AvgIpc) is 2.22. The maximum absolute atomic E-state index is 11.1. The second-order valence-corrected chi connectivity index (χ2v) is 4.96. The van der Waals surface area contributed by atoms with Crippen molar-refractivity contribution in [2.45, 2.75) is 31.7 Å². The number of hydrogen-bond acceptors (Lipinski definition) is 4. The van der Waals surface area contributed by atoms with Gasteiger partial charge < -0.3 is 16.2 Å². The number of carbonyl (C=O) groups excluding carboxylic acids is 1. The first-order valence-electron chi connectivity index (χ1n) is 5.24. The number of likely N-dealkylation sites (N-methyl/N-ethyl adjacent to an activating group) is 1. The second kappa shape index (κ2) is 7.96. The van der Waals surface area contributed by atoms with E-state index in [0.29, 0.717) is 0 Å². The number of nitrogens with two attached hydrogens (primary N) is 1. The molecule has 0 bridgehead atoms. The van der Waals surface area contributed by atoms with Crippen molar-refractivity contribution in [1.29, 1.82) is 0 Å². The van der Waals surface area contributed by atoms with Gasteiger partial charge in [-0.3, -0.25) is 4.79 Å². The zero-order valence-electron chi connectivity index (χ0n) is 9.58. The van der Waals surface area contributed by atoms with Gasteiger partial charge in [-0.25, -0.2) is 0 Å². The summed E-state index contributed by atoms with van der Waals surface area (Å²) in [6.07, 6.45) is 2.55. The van der Waals surface area contributed by atoms with Crippen molar-refractivity contribution in [1.82, 2.24) is 5.32 Å². The number of nitrogens with one attached hydrogen (secondary N) is 1. The number of thioether (sulfide) groups is 1. The van der Waals surface area contributed by atoms with Gasteiger partial charge in [0, 0.05) is 6.61 Å². The maximum Gasteiger partial charge on any atom is 0.237 e. The van der Waals surface area contributed by atoms with Gasteiger partial charge in [0.1, 0.15) is 0 Å². The van der Waals surface area contributed by atoms with Crippen LogP contribution in [0.4, 0.5) is 0 Å². The van der Waals surface area contributed by atoms with Gasteiger partial charge in [0.15, 0.2) is 0 Å². The van der Waals surface area contributed by atoms with E-state index in [4.69, 9.17) is 10.8 Å². The molecule has 0 aromatic carbocycles. The Morgan fingerprint density at radius 3 is 2.53 bits per heavy atom. The smallest absolute Gasteiger partial charge is 0.237 e. The van der Waals surface area contributed by atoms with Crippen LogP contribution in [0.2, 0.25) is 0 Å². The van der Waals surface area contributed by atoms with Gasteiger partial charge in [-0.05, 0) is 44.7 Å². The predicted octanol–water partition coefficient (Wildman–Crippen LogP) is 0.346. The topological polar surface area (TPSA) is 75.3 Å². The number of amides is 1. The number of aliphatic hydroxyl groups is 1. The van der Waals surface area contributed by atoms with E-state index in [1.807, 2.05) is 6.92 Å². The van der Waals surface area contributed by atoms with Gasteiger partial charge >= 0.3 is 0 Å². The summed E-state index contributed by atoms with van der Waals surface area (Å²) in [5.41, 5.74) is 4.72. The summed E-state index contributed by atoms with van der Waals surface area (Å²) in [6.45, 7) is 2.08. The molecule has 1 atom stereocenters. The molecule has 0 aliphatic rings. The number of rotatable bonds is 9. The van der Waals surface area contributed by atoms with Gasteiger partial charge in [-0.15, -0.1) is 0 Å². The highest BCUT2D eigenvalue weighted by atomic mass is 32.2. The van der Waals surface area contributed by atoms with Crippen molar-refractivity contribution in [3.8, 4) is 0 Å². The third kappa shape index (κ3) is 6.02. The van der Waals surface area contributed by atoms with Crippen LogP contribution in [0.1, 0.15) is 26.2 Å². The summed E-state index contributed by atoms with van der Waals surface area (Å²) in [4.78, 5) is 11.1. The molecule has 1 unspecified atom stereocenters. The van der Waals surface area contributed by atoms with E-state index in [1.165, 1.54) is 0 Å². The molecule has 0 saturated heterocycles. The van der Waals surface area contributed by atoms with E-state index in [2.05, 4.69) is 5.32 Å². The molecule has 5 heteroatoms. The zero-order valence-corrected chi connectivity index (χ0v) is 10.4.